The standard InChI is InChI=1S/C3H8O.3CH4O2.Ti/c1-2-3-4;3*1-3-2;/h4H,2-3H2,1H3;3*2H,1H3;. The predicted molar refractivity (Wildman–Crippen MR) is 46.3 cm³/mol. The number of aliphatic hydroxyl groups is 1. The third kappa shape index (κ3) is 790. The fourth-order valence-corrected chi connectivity index (χ4v) is 0. The second kappa shape index (κ2) is 70.3. The second-order valence-electron chi connectivity index (χ2n) is 1.27. The molecule has 8 heteroatoms. The van der Waals surface area contributed by atoms with Crippen LogP contribution in [0.3, 0.4) is 0 Å². The van der Waals surface area contributed by atoms with Gasteiger partial charge < -0.3 is 5.11 Å². The molecule has 90 valence electrons. The van der Waals surface area contributed by atoms with Crippen LogP contribution in [0.4, 0.5) is 0 Å². The van der Waals surface area contributed by atoms with Crippen molar-refractivity contribution in [1.29, 1.82) is 0 Å². The molecule has 0 unspecified atom stereocenters. The minimum atomic E-state index is 0. The van der Waals surface area contributed by atoms with E-state index in [2.05, 4.69) is 14.7 Å². The van der Waals surface area contributed by atoms with Crippen LogP contribution < -0.4 is 0 Å². The Balaban J connectivity index is -0.0000000254. The molecule has 0 bridgehead atoms. The van der Waals surface area contributed by atoms with Crippen LogP contribution >= 0.6 is 0 Å². The maximum absolute atomic E-state index is 7.88. The summed E-state index contributed by atoms with van der Waals surface area (Å²) in [4.78, 5) is 9.75. The summed E-state index contributed by atoms with van der Waals surface area (Å²) in [5.41, 5.74) is 0. The molecule has 14 heavy (non-hydrogen) atoms. The third-order valence-electron chi connectivity index (χ3n) is 0.224. The summed E-state index contributed by atoms with van der Waals surface area (Å²) in [5.74, 6) is 0. The average molecular weight is 252 g/mol. The van der Waals surface area contributed by atoms with Crippen LogP contribution in [0.2, 0.25) is 0 Å². The molecule has 7 nitrogen and oxygen atoms in total. The second-order valence-corrected chi connectivity index (χ2v) is 1.27. The van der Waals surface area contributed by atoms with E-state index in [1.54, 1.807) is 0 Å². The summed E-state index contributed by atoms with van der Waals surface area (Å²) in [6.07, 6.45) is 0.875. The minimum Gasteiger partial charge on any atom is -0.396 e. The predicted octanol–water partition coefficient (Wildman–Crippen LogP) is 0.704. The van der Waals surface area contributed by atoms with Crippen molar-refractivity contribution in [1.82, 2.24) is 0 Å². The van der Waals surface area contributed by atoms with Crippen molar-refractivity contribution in [2.75, 3.05) is 27.9 Å². The number of hydrogen-bond acceptors (Lipinski definition) is 7. The molecule has 0 amide bonds. The fourth-order valence-electron chi connectivity index (χ4n) is 0. The Hall–Kier alpha value is 0.434. The Kier molecular flexibility index (Phi) is 147. The van der Waals surface area contributed by atoms with Crippen molar-refractivity contribution in [3.63, 3.8) is 0 Å². The van der Waals surface area contributed by atoms with Gasteiger partial charge in [-0.05, 0) is 6.42 Å². The first-order valence-corrected chi connectivity index (χ1v) is 3.30. The summed E-state index contributed by atoms with van der Waals surface area (Å²) in [5, 5.41) is 29.1. The van der Waals surface area contributed by atoms with Crippen LogP contribution in [0, 0.1) is 0 Å². The zero-order valence-corrected chi connectivity index (χ0v) is 10.5. The number of rotatable bonds is 1. The van der Waals surface area contributed by atoms with Crippen molar-refractivity contribution >= 4 is 0 Å². The van der Waals surface area contributed by atoms with E-state index in [9.17, 15) is 0 Å². The summed E-state index contributed by atoms with van der Waals surface area (Å²) < 4.78 is 0. The Morgan fingerprint density at radius 1 is 0.857 bits per heavy atom. The Labute approximate surface area is 98.9 Å². The van der Waals surface area contributed by atoms with Gasteiger partial charge in [0.2, 0.25) is 0 Å². The molecule has 0 aromatic carbocycles. The SMILES string of the molecule is CCCO.COO.COO.COO.[Ti]. The first-order valence-electron chi connectivity index (χ1n) is 3.30. The molecule has 0 aliphatic carbocycles. The molecule has 0 aliphatic rings. The number of hydrogen-bond donors (Lipinski definition) is 4. The van der Waals surface area contributed by atoms with Crippen LogP contribution in [0.1, 0.15) is 13.3 Å². The summed E-state index contributed by atoms with van der Waals surface area (Å²) in [6.45, 7) is 2.25. The third-order valence-corrected chi connectivity index (χ3v) is 0.224. The van der Waals surface area contributed by atoms with Crippen LogP contribution in [-0.4, -0.2) is 48.8 Å². The molecule has 0 radical (unpaired) electrons. The van der Waals surface area contributed by atoms with E-state index < -0.39 is 0 Å². The maximum Gasteiger partial charge on any atom is 0.0710 e. The Morgan fingerprint density at radius 3 is 0.929 bits per heavy atom. The molecule has 0 fully saturated rings. The largest absolute Gasteiger partial charge is 0.396 e. The summed E-state index contributed by atoms with van der Waals surface area (Å²) in [6, 6.07) is 0. The van der Waals surface area contributed by atoms with E-state index in [-0.39, 0.29) is 21.7 Å². The maximum atomic E-state index is 7.88. The van der Waals surface area contributed by atoms with Crippen molar-refractivity contribution in [3.05, 3.63) is 0 Å². The molecule has 4 N–H and O–H groups in total. The first-order chi connectivity index (χ1) is 6.16. The quantitative estimate of drug-likeness (QED) is 0.309. The fraction of sp³-hybridized carbons (Fsp3) is 1.00. The van der Waals surface area contributed by atoms with Crippen molar-refractivity contribution in [3.8, 4) is 0 Å². The van der Waals surface area contributed by atoms with Gasteiger partial charge in [0.05, 0.1) is 21.3 Å². The van der Waals surface area contributed by atoms with Gasteiger partial charge in [0.1, 0.15) is 0 Å². The van der Waals surface area contributed by atoms with Gasteiger partial charge in [0.25, 0.3) is 0 Å². The number of aliphatic hydroxyl groups excluding tert-OH is 1. The van der Waals surface area contributed by atoms with Gasteiger partial charge in [0.15, 0.2) is 0 Å². The van der Waals surface area contributed by atoms with Gasteiger partial charge in [-0.3, -0.25) is 15.8 Å². The molecular formula is C6H20O7Ti. The van der Waals surface area contributed by atoms with Gasteiger partial charge in [-0.25, -0.2) is 14.7 Å². The molecule has 0 spiro atoms. The summed E-state index contributed by atoms with van der Waals surface area (Å²) >= 11 is 0. The normalized spacial score (nSPS) is 6.00. The van der Waals surface area contributed by atoms with Gasteiger partial charge in [-0.1, -0.05) is 6.92 Å². The smallest absolute Gasteiger partial charge is 0.0710 e. The van der Waals surface area contributed by atoms with Crippen LogP contribution in [0.5, 0.6) is 0 Å². The molecule has 0 rings (SSSR count). The molecule has 0 aromatic rings. The zero-order chi connectivity index (χ0) is 11.5. The van der Waals surface area contributed by atoms with Crippen molar-refractivity contribution < 1.29 is 57.3 Å². The molecule has 0 atom stereocenters. The van der Waals surface area contributed by atoms with Gasteiger partial charge >= 0.3 is 0 Å². The summed E-state index contributed by atoms with van der Waals surface area (Å²) in [7, 11) is 3.54. The monoisotopic (exact) mass is 252 g/mol. The molecule has 0 saturated carbocycles. The van der Waals surface area contributed by atoms with E-state index in [4.69, 9.17) is 20.9 Å². The van der Waals surface area contributed by atoms with Gasteiger partial charge in [0, 0.05) is 28.3 Å². The molecule has 0 aromatic heterocycles. The minimum absolute atomic E-state index is 0. The Bertz CT molecular complexity index is 34.6. The van der Waals surface area contributed by atoms with Crippen LogP contribution in [0.15, 0.2) is 0 Å². The zero-order valence-electron chi connectivity index (χ0n) is 8.93. The van der Waals surface area contributed by atoms with Crippen LogP contribution in [0.25, 0.3) is 0 Å². The average Bonchev–Trinajstić information content (AvgIpc) is 2.08. The van der Waals surface area contributed by atoms with Crippen molar-refractivity contribution in [2.45, 2.75) is 13.3 Å². The molecular weight excluding hydrogens is 232 g/mol. The van der Waals surface area contributed by atoms with Gasteiger partial charge in [-0.2, -0.15) is 0 Å². The van der Waals surface area contributed by atoms with Gasteiger partial charge in [-0.15, -0.1) is 0 Å². The topological polar surface area (TPSA) is 109 Å². The van der Waals surface area contributed by atoms with E-state index in [1.807, 2.05) is 6.92 Å². The Morgan fingerprint density at radius 2 is 0.929 bits per heavy atom. The van der Waals surface area contributed by atoms with E-state index in [0.717, 1.165) is 6.42 Å². The first kappa shape index (κ1) is 29.3. The van der Waals surface area contributed by atoms with E-state index in [1.165, 1.54) is 21.3 Å². The molecule has 0 saturated heterocycles. The van der Waals surface area contributed by atoms with E-state index >= 15 is 0 Å². The van der Waals surface area contributed by atoms with Crippen molar-refractivity contribution in [2.24, 2.45) is 0 Å². The van der Waals surface area contributed by atoms with E-state index in [0.29, 0.717) is 6.61 Å². The van der Waals surface area contributed by atoms with Crippen LogP contribution in [-0.2, 0) is 36.4 Å². The molecule has 0 aliphatic heterocycles. The molecule has 0 heterocycles.